The van der Waals surface area contributed by atoms with Crippen LogP contribution in [0.2, 0.25) is 0 Å². The summed E-state index contributed by atoms with van der Waals surface area (Å²) in [6.07, 6.45) is 0. The lowest BCUT2D eigenvalue weighted by atomic mass is 10.1. The maximum Gasteiger partial charge on any atom is 0.363 e. The fourth-order valence-corrected chi connectivity index (χ4v) is 1.12. The second-order valence-electron chi connectivity index (χ2n) is 3.69. The lowest BCUT2D eigenvalue weighted by Gasteiger charge is -2.09. The zero-order valence-corrected chi connectivity index (χ0v) is 8.39. The van der Waals surface area contributed by atoms with E-state index in [1.807, 2.05) is 14.0 Å². The van der Waals surface area contributed by atoms with Crippen molar-refractivity contribution in [1.29, 1.82) is 0 Å². The first-order valence-electron chi connectivity index (χ1n) is 4.38. The quantitative estimate of drug-likeness (QED) is 0.589. The summed E-state index contributed by atoms with van der Waals surface area (Å²) in [7, 11) is 2.04. The van der Waals surface area contributed by atoms with Gasteiger partial charge < -0.3 is 9.47 Å². The molecule has 0 bridgehead atoms. The smallest absolute Gasteiger partial charge is 0.363 e. The van der Waals surface area contributed by atoms with E-state index in [1.165, 1.54) is 0 Å². The molecule has 0 aliphatic carbocycles. The molecule has 70 valence electrons. The Kier molecular flexibility index (Phi) is 2.73. The molecular formula is C9H18NO2+. The molecule has 0 atom stereocenters. The highest BCUT2D eigenvalue weighted by Crippen LogP contribution is 2.15. The molecule has 1 aliphatic rings. The molecule has 3 nitrogen and oxygen atoms in total. The fraction of sp³-hybridized carbons (Fsp3) is 0.889. The van der Waals surface area contributed by atoms with Crippen LogP contribution in [0.1, 0.15) is 20.8 Å². The zero-order valence-electron chi connectivity index (χ0n) is 8.39. The maximum atomic E-state index is 5.50. The van der Waals surface area contributed by atoms with E-state index in [4.69, 9.17) is 9.47 Å². The van der Waals surface area contributed by atoms with E-state index in [9.17, 15) is 0 Å². The standard InChI is InChI=1S/C9H18NO2/c1-5-11-6-8-10(4)9(2,3)7-12-8/h5-7H2,1-4H3/q+1. The van der Waals surface area contributed by atoms with E-state index in [-0.39, 0.29) is 5.54 Å². The van der Waals surface area contributed by atoms with Crippen LogP contribution in [-0.4, -0.2) is 42.9 Å². The van der Waals surface area contributed by atoms with Crippen molar-refractivity contribution in [1.82, 2.24) is 0 Å². The average molecular weight is 172 g/mol. The number of rotatable bonds is 3. The minimum Gasteiger partial charge on any atom is -0.439 e. The van der Waals surface area contributed by atoms with Gasteiger partial charge in [-0.1, -0.05) is 0 Å². The number of hydrogen-bond donors (Lipinski definition) is 0. The van der Waals surface area contributed by atoms with Gasteiger partial charge in [-0.2, -0.15) is 4.58 Å². The van der Waals surface area contributed by atoms with Gasteiger partial charge in [0.05, 0.1) is 0 Å². The zero-order chi connectivity index (χ0) is 9.19. The molecule has 0 amide bonds. The summed E-state index contributed by atoms with van der Waals surface area (Å²) in [6.45, 7) is 8.39. The molecule has 1 heterocycles. The summed E-state index contributed by atoms with van der Waals surface area (Å²) in [6, 6.07) is 0. The SMILES string of the molecule is CCOCC1=[N+](C)C(C)(C)CO1. The van der Waals surface area contributed by atoms with Gasteiger partial charge in [0.25, 0.3) is 0 Å². The Bertz CT molecular complexity index is 197. The second kappa shape index (κ2) is 3.44. The monoisotopic (exact) mass is 172 g/mol. The highest BCUT2D eigenvalue weighted by molar-refractivity contribution is 5.73. The summed E-state index contributed by atoms with van der Waals surface area (Å²) >= 11 is 0. The average Bonchev–Trinajstić information content (AvgIpc) is 2.26. The van der Waals surface area contributed by atoms with Crippen LogP contribution in [0.4, 0.5) is 0 Å². The predicted molar refractivity (Wildman–Crippen MR) is 47.7 cm³/mol. The summed E-state index contributed by atoms with van der Waals surface area (Å²) in [5.74, 6) is 0.946. The molecule has 0 spiro atoms. The topological polar surface area (TPSA) is 21.5 Å². The first-order valence-corrected chi connectivity index (χ1v) is 4.38. The Morgan fingerprint density at radius 3 is 2.67 bits per heavy atom. The van der Waals surface area contributed by atoms with Crippen LogP contribution < -0.4 is 0 Å². The third kappa shape index (κ3) is 1.78. The molecule has 0 N–H and O–H groups in total. The van der Waals surface area contributed by atoms with Gasteiger partial charge in [-0.15, -0.1) is 0 Å². The molecule has 0 unspecified atom stereocenters. The van der Waals surface area contributed by atoms with Gasteiger partial charge >= 0.3 is 5.90 Å². The largest absolute Gasteiger partial charge is 0.439 e. The third-order valence-electron chi connectivity index (χ3n) is 2.30. The molecule has 0 radical (unpaired) electrons. The van der Waals surface area contributed by atoms with Gasteiger partial charge in [-0.25, -0.2) is 0 Å². The van der Waals surface area contributed by atoms with Gasteiger partial charge in [0, 0.05) is 20.5 Å². The van der Waals surface area contributed by atoms with Gasteiger partial charge in [0.1, 0.15) is 7.05 Å². The third-order valence-corrected chi connectivity index (χ3v) is 2.30. The van der Waals surface area contributed by atoms with Crippen LogP contribution >= 0.6 is 0 Å². The van der Waals surface area contributed by atoms with Crippen LogP contribution in [0.3, 0.4) is 0 Å². The molecule has 1 aliphatic heterocycles. The van der Waals surface area contributed by atoms with Gasteiger partial charge in [0.15, 0.2) is 18.8 Å². The van der Waals surface area contributed by atoms with Gasteiger partial charge in [-0.3, -0.25) is 0 Å². The maximum absolute atomic E-state index is 5.50. The molecule has 1 rings (SSSR count). The van der Waals surface area contributed by atoms with Gasteiger partial charge in [-0.05, 0) is 6.92 Å². The second-order valence-corrected chi connectivity index (χ2v) is 3.69. The molecule has 0 saturated heterocycles. The Morgan fingerprint density at radius 2 is 2.25 bits per heavy atom. The summed E-state index contributed by atoms with van der Waals surface area (Å²) in [5, 5.41) is 0. The minimum atomic E-state index is 0.117. The van der Waals surface area contributed by atoms with Crippen molar-refractivity contribution in [2.45, 2.75) is 26.3 Å². The van der Waals surface area contributed by atoms with E-state index in [2.05, 4.69) is 18.4 Å². The molecule has 12 heavy (non-hydrogen) atoms. The van der Waals surface area contributed by atoms with Crippen molar-refractivity contribution in [3.05, 3.63) is 0 Å². The van der Waals surface area contributed by atoms with Crippen LogP contribution in [0.25, 0.3) is 0 Å². The van der Waals surface area contributed by atoms with E-state index in [0.717, 1.165) is 19.1 Å². The molecule has 0 aromatic carbocycles. The Hall–Kier alpha value is -0.570. The lowest BCUT2D eigenvalue weighted by Crippen LogP contribution is -2.33. The molecular weight excluding hydrogens is 154 g/mol. The first kappa shape index (κ1) is 9.52. The highest BCUT2D eigenvalue weighted by Gasteiger charge is 2.39. The Balaban J connectivity index is 2.59. The van der Waals surface area contributed by atoms with Crippen LogP contribution in [0.15, 0.2) is 0 Å². The normalized spacial score (nSPS) is 21.3. The minimum absolute atomic E-state index is 0.117. The molecule has 0 aromatic heterocycles. The number of nitrogens with zero attached hydrogens (tertiary/aromatic N) is 1. The van der Waals surface area contributed by atoms with E-state index < -0.39 is 0 Å². The van der Waals surface area contributed by atoms with Crippen molar-refractivity contribution in [2.75, 3.05) is 26.9 Å². The summed E-state index contributed by atoms with van der Waals surface area (Å²) in [4.78, 5) is 0. The molecule has 0 fully saturated rings. The van der Waals surface area contributed by atoms with Crippen molar-refractivity contribution < 1.29 is 14.0 Å². The summed E-state index contributed by atoms with van der Waals surface area (Å²) in [5.41, 5.74) is 0.117. The van der Waals surface area contributed by atoms with Crippen molar-refractivity contribution in [2.24, 2.45) is 0 Å². The van der Waals surface area contributed by atoms with Crippen LogP contribution in [0, 0.1) is 0 Å². The fourth-order valence-electron chi connectivity index (χ4n) is 1.12. The van der Waals surface area contributed by atoms with Gasteiger partial charge in [0.2, 0.25) is 0 Å². The van der Waals surface area contributed by atoms with Crippen molar-refractivity contribution in [3.8, 4) is 0 Å². The number of hydrogen-bond acceptors (Lipinski definition) is 2. The Labute approximate surface area is 74.0 Å². The first-order chi connectivity index (χ1) is 5.58. The predicted octanol–water partition coefficient (Wildman–Crippen LogP) is 0.873. The van der Waals surface area contributed by atoms with Crippen molar-refractivity contribution in [3.63, 3.8) is 0 Å². The summed E-state index contributed by atoms with van der Waals surface area (Å²) < 4.78 is 12.9. The Morgan fingerprint density at radius 1 is 1.58 bits per heavy atom. The van der Waals surface area contributed by atoms with Crippen molar-refractivity contribution >= 4 is 5.90 Å². The molecule has 0 aromatic rings. The van der Waals surface area contributed by atoms with E-state index in [0.29, 0.717) is 6.61 Å². The van der Waals surface area contributed by atoms with E-state index in [1.54, 1.807) is 0 Å². The number of ether oxygens (including phenoxy) is 2. The number of likely N-dealkylation sites (N-methyl/N-ethyl adjacent to an activating group) is 1. The lowest BCUT2D eigenvalue weighted by molar-refractivity contribution is -0.564. The molecule has 0 saturated carbocycles. The highest BCUT2D eigenvalue weighted by atomic mass is 16.5. The van der Waals surface area contributed by atoms with E-state index >= 15 is 0 Å². The van der Waals surface area contributed by atoms with Crippen LogP contribution in [0.5, 0.6) is 0 Å². The molecule has 3 heteroatoms. The van der Waals surface area contributed by atoms with Crippen LogP contribution in [-0.2, 0) is 9.47 Å².